The van der Waals surface area contributed by atoms with Crippen molar-refractivity contribution >= 4 is 29.2 Å². The van der Waals surface area contributed by atoms with Gasteiger partial charge in [-0.1, -0.05) is 30.7 Å². The van der Waals surface area contributed by atoms with E-state index < -0.39 is 11.9 Å². The minimum atomic E-state index is -0.415. The highest BCUT2D eigenvalue weighted by atomic mass is 35.5. The zero-order valence-electron chi connectivity index (χ0n) is 17.6. The van der Waals surface area contributed by atoms with Crippen LogP contribution in [0.3, 0.4) is 0 Å². The second-order valence-corrected chi connectivity index (χ2v) is 8.29. The maximum Gasteiger partial charge on any atom is 0.299 e. The van der Waals surface area contributed by atoms with E-state index in [4.69, 9.17) is 21.3 Å². The molecule has 2 aliphatic heterocycles. The summed E-state index contributed by atoms with van der Waals surface area (Å²) in [6.07, 6.45) is 2.67. The van der Waals surface area contributed by atoms with E-state index in [9.17, 15) is 14.7 Å². The molecule has 0 saturated carbocycles. The van der Waals surface area contributed by atoms with Crippen molar-refractivity contribution in [2.45, 2.75) is 45.2 Å². The fourth-order valence-electron chi connectivity index (χ4n) is 4.18. The monoisotopic (exact) mass is 446 g/mol. The fourth-order valence-corrected chi connectivity index (χ4v) is 4.31. The van der Waals surface area contributed by atoms with Gasteiger partial charge in [0.15, 0.2) is 11.5 Å². The summed E-state index contributed by atoms with van der Waals surface area (Å²) >= 11 is 6.03. The van der Waals surface area contributed by atoms with E-state index in [1.807, 2.05) is 24.0 Å². The summed E-state index contributed by atoms with van der Waals surface area (Å²) in [7, 11) is 0. The predicted molar refractivity (Wildman–Crippen MR) is 117 cm³/mol. The van der Waals surface area contributed by atoms with Gasteiger partial charge >= 0.3 is 0 Å². The van der Waals surface area contributed by atoms with Crippen molar-refractivity contribution in [2.75, 3.05) is 31.2 Å². The number of amides is 2. The van der Waals surface area contributed by atoms with Crippen molar-refractivity contribution in [2.24, 2.45) is 0 Å². The zero-order valence-corrected chi connectivity index (χ0v) is 18.3. The second kappa shape index (κ2) is 9.28. The van der Waals surface area contributed by atoms with Crippen LogP contribution < -0.4 is 9.64 Å². The van der Waals surface area contributed by atoms with Crippen LogP contribution in [0.2, 0.25) is 5.02 Å². The molecular formula is C22H27ClN4O4. The van der Waals surface area contributed by atoms with Crippen LogP contribution in [0.5, 0.6) is 6.01 Å². The number of imidazole rings is 1. The summed E-state index contributed by atoms with van der Waals surface area (Å²) in [5.41, 5.74) is 1.30. The molecule has 1 atom stereocenters. The summed E-state index contributed by atoms with van der Waals surface area (Å²) in [6.45, 7) is 3.60. The molecular weight excluding hydrogens is 420 g/mol. The maximum absolute atomic E-state index is 13.6. The molecule has 0 unspecified atom stereocenters. The molecule has 0 radical (unpaired) electrons. The molecule has 9 heteroatoms. The molecule has 1 N–H and O–H groups in total. The van der Waals surface area contributed by atoms with Gasteiger partial charge in [-0.05, 0) is 43.4 Å². The topological polar surface area (TPSA) is 87.9 Å². The lowest BCUT2D eigenvalue weighted by Crippen LogP contribution is -2.46. The molecule has 2 aliphatic rings. The average Bonchev–Trinajstić information content (AvgIpc) is 3.37. The molecule has 2 aromatic rings. The number of carbonyl (C=O) groups is 2. The zero-order chi connectivity index (χ0) is 22.0. The number of hydrogen-bond acceptors (Lipinski definition) is 6. The first kappa shape index (κ1) is 21.6. The smallest absolute Gasteiger partial charge is 0.299 e. The number of benzene rings is 1. The standard InChI is InChI=1S/C22H27ClN4O4/c1-2-13-31-22-24-19-18(27(22)14-15-6-8-16(23)9-7-15)21(30)26(11-4-12-28)20(29)17-5-3-10-25(17)19/h6-9,17,28H,2-5,10-14H2,1H3/t17-/m1/s1. The summed E-state index contributed by atoms with van der Waals surface area (Å²) in [6, 6.07) is 7.35. The normalized spacial score (nSPS) is 18.2. The van der Waals surface area contributed by atoms with Crippen molar-refractivity contribution < 1.29 is 19.4 Å². The Morgan fingerprint density at radius 1 is 1.26 bits per heavy atom. The number of rotatable bonds is 8. The van der Waals surface area contributed by atoms with Crippen molar-refractivity contribution in [1.82, 2.24) is 14.5 Å². The van der Waals surface area contributed by atoms with Crippen molar-refractivity contribution in [1.29, 1.82) is 0 Å². The van der Waals surface area contributed by atoms with Crippen LogP contribution in [0.25, 0.3) is 0 Å². The molecule has 3 heterocycles. The third-order valence-electron chi connectivity index (χ3n) is 5.67. The molecule has 8 nitrogen and oxygen atoms in total. The van der Waals surface area contributed by atoms with Crippen LogP contribution in [0.15, 0.2) is 24.3 Å². The third-order valence-corrected chi connectivity index (χ3v) is 5.92. The quantitative estimate of drug-likeness (QED) is 0.627. The molecule has 166 valence electrons. The highest BCUT2D eigenvalue weighted by molar-refractivity contribution is 6.30. The second-order valence-electron chi connectivity index (χ2n) is 7.85. The first-order valence-corrected chi connectivity index (χ1v) is 11.1. The van der Waals surface area contributed by atoms with Gasteiger partial charge in [0, 0.05) is 24.7 Å². The van der Waals surface area contributed by atoms with Crippen LogP contribution in [0, 0.1) is 0 Å². The highest BCUT2D eigenvalue weighted by Crippen LogP contribution is 2.36. The minimum absolute atomic E-state index is 0.0901. The molecule has 4 rings (SSSR count). The molecule has 1 saturated heterocycles. The molecule has 0 spiro atoms. The maximum atomic E-state index is 13.6. The van der Waals surface area contributed by atoms with E-state index in [-0.39, 0.29) is 19.1 Å². The number of imide groups is 1. The van der Waals surface area contributed by atoms with Crippen LogP contribution in [0.4, 0.5) is 5.82 Å². The number of hydrogen-bond donors (Lipinski definition) is 1. The Bertz CT molecular complexity index is 959. The Morgan fingerprint density at radius 3 is 2.74 bits per heavy atom. The Labute approximate surface area is 186 Å². The fraction of sp³-hybridized carbons (Fsp3) is 0.500. The number of carbonyl (C=O) groups excluding carboxylic acids is 2. The number of halogens is 1. The number of aliphatic hydroxyl groups is 1. The molecule has 1 fully saturated rings. The summed E-state index contributed by atoms with van der Waals surface area (Å²) < 4.78 is 7.68. The molecule has 0 aliphatic carbocycles. The van der Waals surface area contributed by atoms with Gasteiger partial charge in [0.2, 0.25) is 0 Å². The lowest BCUT2D eigenvalue weighted by atomic mass is 10.2. The van der Waals surface area contributed by atoms with Gasteiger partial charge in [-0.2, -0.15) is 4.98 Å². The van der Waals surface area contributed by atoms with E-state index in [1.165, 1.54) is 4.90 Å². The highest BCUT2D eigenvalue weighted by Gasteiger charge is 2.45. The SMILES string of the molecule is CCCOc1nc2c(n1Cc1ccc(Cl)cc1)C(=O)N(CCCO)C(=O)[C@H]1CCCN21. The van der Waals surface area contributed by atoms with Crippen LogP contribution in [-0.4, -0.2) is 63.7 Å². The van der Waals surface area contributed by atoms with Gasteiger partial charge in [0.1, 0.15) is 6.04 Å². The van der Waals surface area contributed by atoms with Crippen LogP contribution >= 0.6 is 11.6 Å². The number of aromatic nitrogens is 2. The van der Waals surface area contributed by atoms with E-state index >= 15 is 0 Å². The van der Waals surface area contributed by atoms with Gasteiger partial charge in [-0.3, -0.25) is 19.1 Å². The summed E-state index contributed by atoms with van der Waals surface area (Å²) in [5, 5.41) is 9.92. The number of fused-ring (bicyclic) bond motifs is 3. The van der Waals surface area contributed by atoms with E-state index in [1.54, 1.807) is 16.7 Å². The van der Waals surface area contributed by atoms with E-state index in [2.05, 4.69) is 0 Å². The largest absolute Gasteiger partial charge is 0.465 e. The molecule has 1 aromatic heterocycles. The lowest BCUT2D eigenvalue weighted by Gasteiger charge is -2.24. The molecule has 2 amide bonds. The Hall–Kier alpha value is -2.58. The molecule has 0 bridgehead atoms. The van der Waals surface area contributed by atoms with Crippen molar-refractivity contribution in [3.8, 4) is 6.01 Å². The Balaban J connectivity index is 1.82. The van der Waals surface area contributed by atoms with Crippen LogP contribution in [0.1, 0.15) is 48.7 Å². The van der Waals surface area contributed by atoms with E-state index in [0.717, 1.165) is 18.4 Å². The van der Waals surface area contributed by atoms with Gasteiger partial charge < -0.3 is 14.7 Å². The first-order valence-electron chi connectivity index (χ1n) is 10.8. The number of aliphatic hydroxyl groups excluding tert-OH is 1. The van der Waals surface area contributed by atoms with Gasteiger partial charge in [0.05, 0.1) is 13.2 Å². The third kappa shape index (κ3) is 4.14. The first-order chi connectivity index (χ1) is 15.0. The number of ether oxygens (including phenoxy) is 1. The van der Waals surface area contributed by atoms with E-state index in [0.29, 0.717) is 55.1 Å². The van der Waals surface area contributed by atoms with Crippen molar-refractivity contribution in [3.05, 3.63) is 40.5 Å². The van der Waals surface area contributed by atoms with Gasteiger partial charge in [-0.25, -0.2) is 0 Å². The molecule has 31 heavy (non-hydrogen) atoms. The van der Waals surface area contributed by atoms with Crippen molar-refractivity contribution in [3.63, 3.8) is 0 Å². The van der Waals surface area contributed by atoms with Gasteiger partial charge in [0.25, 0.3) is 17.8 Å². The summed E-state index contributed by atoms with van der Waals surface area (Å²) in [5.74, 6) is -0.105. The van der Waals surface area contributed by atoms with Gasteiger partial charge in [-0.15, -0.1) is 0 Å². The summed E-state index contributed by atoms with van der Waals surface area (Å²) in [4.78, 5) is 34.7. The minimum Gasteiger partial charge on any atom is -0.465 e. The van der Waals surface area contributed by atoms with Crippen LogP contribution in [-0.2, 0) is 11.3 Å². The molecule has 1 aromatic carbocycles. The Kier molecular flexibility index (Phi) is 6.48. The Morgan fingerprint density at radius 2 is 2.03 bits per heavy atom. The predicted octanol–water partition coefficient (Wildman–Crippen LogP) is 2.71. The lowest BCUT2D eigenvalue weighted by molar-refractivity contribution is -0.129. The number of anilines is 1. The number of nitrogens with zero attached hydrogens (tertiary/aromatic N) is 4. The average molecular weight is 447 g/mol.